The number of β-amino-alcohol motifs (C(OH)–C–C–N with tert-alkyl or cyclic N) is 1. The highest BCUT2D eigenvalue weighted by molar-refractivity contribution is 9.09. The van der Waals surface area contributed by atoms with Gasteiger partial charge in [0.05, 0.1) is 6.10 Å². The molecule has 0 radical (unpaired) electrons. The Morgan fingerprint density at radius 3 is 2.93 bits per heavy atom. The maximum absolute atomic E-state index is 9.54. The van der Waals surface area contributed by atoms with Gasteiger partial charge in [0.15, 0.2) is 0 Å². The number of rotatable bonds is 5. The largest absolute Gasteiger partial charge is 0.392 e. The van der Waals surface area contributed by atoms with E-state index in [1.807, 2.05) is 0 Å². The molecule has 14 heavy (non-hydrogen) atoms. The van der Waals surface area contributed by atoms with Crippen LogP contribution in [0.3, 0.4) is 0 Å². The first-order valence-corrected chi connectivity index (χ1v) is 6.84. The van der Waals surface area contributed by atoms with Crippen molar-refractivity contribution in [3.8, 4) is 0 Å². The first kappa shape index (κ1) is 12.5. The van der Waals surface area contributed by atoms with E-state index in [4.69, 9.17) is 0 Å². The number of nitrogens with zero attached hydrogens (tertiary/aromatic N) is 1. The number of hydrogen-bond donors (Lipinski definition) is 1. The fourth-order valence-corrected chi connectivity index (χ4v) is 2.72. The molecule has 0 spiro atoms. The summed E-state index contributed by atoms with van der Waals surface area (Å²) in [7, 11) is 0. The predicted octanol–water partition coefficient (Wildman–Crippen LogP) is 2.25. The van der Waals surface area contributed by atoms with Gasteiger partial charge in [0.2, 0.25) is 0 Å². The standard InChI is InChI=1S/C11H22BrNO/c1-2-4-10(7-12)8-13-6-3-5-11(14)9-13/h10-11,14H,2-9H2,1H3. The van der Waals surface area contributed by atoms with Crippen molar-refractivity contribution in [3.05, 3.63) is 0 Å². The maximum atomic E-state index is 9.54. The van der Waals surface area contributed by atoms with Crippen molar-refractivity contribution in [1.29, 1.82) is 0 Å². The smallest absolute Gasteiger partial charge is 0.0667 e. The van der Waals surface area contributed by atoms with Gasteiger partial charge in [-0.15, -0.1) is 0 Å². The lowest BCUT2D eigenvalue weighted by Gasteiger charge is -2.32. The summed E-state index contributed by atoms with van der Waals surface area (Å²) < 4.78 is 0. The third kappa shape index (κ3) is 4.28. The van der Waals surface area contributed by atoms with Gasteiger partial charge in [0.1, 0.15) is 0 Å². The molecule has 2 atom stereocenters. The van der Waals surface area contributed by atoms with E-state index in [0.717, 1.165) is 37.2 Å². The summed E-state index contributed by atoms with van der Waals surface area (Å²) in [6, 6.07) is 0. The van der Waals surface area contributed by atoms with Crippen LogP contribution in [0.1, 0.15) is 32.6 Å². The van der Waals surface area contributed by atoms with E-state index >= 15 is 0 Å². The molecular formula is C11H22BrNO. The van der Waals surface area contributed by atoms with Gasteiger partial charge in [-0.3, -0.25) is 0 Å². The molecule has 1 saturated heterocycles. The fourth-order valence-electron chi connectivity index (χ4n) is 2.19. The monoisotopic (exact) mass is 263 g/mol. The van der Waals surface area contributed by atoms with Gasteiger partial charge in [-0.2, -0.15) is 0 Å². The Bertz CT molecular complexity index is 154. The Balaban J connectivity index is 2.26. The zero-order valence-electron chi connectivity index (χ0n) is 9.08. The van der Waals surface area contributed by atoms with Gasteiger partial charge in [-0.25, -0.2) is 0 Å². The second-order valence-electron chi connectivity index (χ2n) is 4.36. The van der Waals surface area contributed by atoms with Crippen LogP contribution in [0.15, 0.2) is 0 Å². The first-order valence-electron chi connectivity index (χ1n) is 5.72. The Morgan fingerprint density at radius 1 is 1.57 bits per heavy atom. The van der Waals surface area contributed by atoms with Crippen molar-refractivity contribution in [2.45, 2.75) is 38.7 Å². The van der Waals surface area contributed by atoms with Crippen LogP contribution < -0.4 is 0 Å². The lowest BCUT2D eigenvalue weighted by Crippen LogP contribution is -2.41. The van der Waals surface area contributed by atoms with Crippen LogP contribution in [0.2, 0.25) is 0 Å². The molecule has 0 saturated carbocycles. The SMILES string of the molecule is CCCC(CBr)CN1CCCC(O)C1. The van der Waals surface area contributed by atoms with E-state index in [9.17, 15) is 5.11 Å². The fraction of sp³-hybridized carbons (Fsp3) is 1.00. The summed E-state index contributed by atoms with van der Waals surface area (Å²) >= 11 is 3.57. The molecule has 0 aliphatic carbocycles. The Hall–Kier alpha value is 0.400. The third-order valence-electron chi connectivity index (χ3n) is 2.91. The summed E-state index contributed by atoms with van der Waals surface area (Å²) in [6.45, 7) is 5.44. The average Bonchev–Trinajstić information content (AvgIpc) is 2.17. The molecule has 1 fully saturated rings. The molecule has 1 aliphatic rings. The summed E-state index contributed by atoms with van der Waals surface area (Å²) in [6.07, 6.45) is 4.61. The molecule has 0 amide bonds. The van der Waals surface area contributed by atoms with Gasteiger partial charge >= 0.3 is 0 Å². The van der Waals surface area contributed by atoms with E-state index in [1.54, 1.807) is 0 Å². The lowest BCUT2D eigenvalue weighted by molar-refractivity contribution is 0.0632. The molecule has 0 aromatic carbocycles. The van der Waals surface area contributed by atoms with E-state index in [2.05, 4.69) is 27.8 Å². The van der Waals surface area contributed by atoms with E-state index < -0.39 is 0 Å². The Kier molecular flexibility index (Phi) is 6.06. The molecule has 2 nitrogen and oxygen atoms in total. The van der Waals surface area contributed by atoms with E-state index in [0.29, 0.717) is 0 Å². The molecule has 1 N–H and O–H groups in total. The van der Waals surface area contributed by atoms with Gasteiger partial charge in [-0.1, -0.05) is 29.3 Å². The molecule has 84 valence electrons. The number of aliphatic hydroxyl groups is 1. The van der Waals surface area contributed by atoms with Crippen LogP contribution in [0, 0.1) is 5.92 Å². The highest BCUT2D eigenvalue weighted by atomic mass is 79.9. The first-order chi connectivity index (χ1) is 6.76. The molecular weight excluding hydrogens is 242 g/mol. The van der Waals surface area contributed by atoms with Crippen LogP contribution in [0.5, 0.6) is 0 Å². The molecule has 2 unspecified atom stereocenters. The number of piperidine rings is 1. The van der Waals surface area contributed by atoms with Gasteiger partial charge in [-0.05, 0) is 31.7 Å². The van der Waals surface area contributed by atoms with Crippen molar-refractivity contribution >= 4 is 15.9 Å². The summed E-state index contributed by atoms with van der Waals surface area (Å²) in [5.41, 5.74) is 0. The molecule has 0 bridgehead atoms. The summed E-state index contributed by atoms with van der Waals surface area (Å²) in [5, 5.41) is 10.6. The second-order valence-corrected chi connectivity index (χ2v) is 5.01. The molecule has 1 heterocycles. The Labute approximate surface area is 95.8 Å². The molecule has 0 aromatic rings. The van der Waals surface area contributed by atoms with Crippen molar-refractivity contribution in [2.24, 2.45) is 5.92 Å². The number of aliphatic hydroxyl groups excluding tert-OH is 1. The van der Waals surface area contributed by atoms with Crippen LogP contribution in [-0.4, -0.2) is 41.1 Å². The highest BCUT2D eigenvalue weighted by Gasteiger charge is 2.19. The van der Waals surface area contributed by atoms with Crippen LogP contribution in [0.25, 0.3) is 0 Å². The molecule has 1 rings (SSSR count). The van der Waals surface area contributed by atoms with Crippen LogP contribution in [-0.2, 0) is 0 Å². The van der Waals surface area contributed by atoms with Crippen molar-refractivity contribution in [1.82, 2.24) is 4.90 Å². The topological polar surface area (TPSA) is 23.5 Å². The van der Waals surface area contributed by atoms with Crippen LogP contribution >= 0.6 is 15.9 Å². The maximum Gasteiger partial charge on any atom is 0.0667 e. The minimum atomic E-state index is -0.0821. The number of likely N-dealkylation sites (tertiary alicyclic amines) is 1. The van der Waals surface area contributed by atoms with Gasteiger partial charge < -0.3 is 10.0 Å². The molecule has 3 heteroatoms. The predicted molar refractivity (Wildman–Crippen MR) is 63.9 cm³/mol. The Morgan fingerprint density at radius 2 is 2.36 bits per heavy atom. The van der Waals surface area contributed by atoms with Crippen molar-refractivity contribution in [3.63, 3.8) is 0 Å². The zero-order valence-corrected chi connectivity index (χ0v) is 10.7. The zero-order chi connectivity index (χ0) is 10.4. The number of hydrogen-bond acceptors (Lipinski definition) is 2. The van der Waals surface area contributed by atoms with Crippen molar-refractivity contribution < 1.29 is 5.11 Å². The van der Waals surface area contributed by atoms with Crippen LogP contribution in [0.4, 0.5) is 0 Å². The second kappa shape index (κ2) is 6.81. The minimum Gasteiger partial charge on any atom is -0.392 e. The number of halogens is 1. The van der Waals surface area contributed by atoms with Gasteiger partial charge in [0, 0.05) is 18.4 Å². The lowest BCUT2D eigenvalue weighted by atomic mass is 10.0. The number of alkyl halides is 1. The normalized spacial score (nSPS) is 26.4. The summed E-state index contributed by atoms with van der Waals surface area (Å²) in [5.74, 6) is 0.755. The average molecular weight is 264 g/mol. The summed E-state index contributed by atoms with van der Waals surface area (Å²) in [4.78, 5) is 2.41. The van der Waals surface area contributed by atoms with E-state index in [-0.39, 0.29) is 6.10 Å². The molecule has 1 aliphatic heterocycles. The third-order valence-corrected chi connectivity index (χ3v) is 3.83. The quantitative estimate of drug-likeness (QED) is 0.770. The highest BCUT2D eigenvalue weighted by Crippen LogP contribution is 2.16. The van der Waals surface area contributed by atoms with Gasteiger partial charge in [0.25, 0.3) is 0 Å². The van der Waals surface area contributed by atoms with E-state index in [1.165, 1.54) is 19.4 Å². The molecule has 0 aromatic heterocycles. The minimum absolute atomic E-state index is 0.0821. The van der Waals surface area contributed by atoms with Crippen molar-refractivity contribution in [2.75, 3.05) is 25.0 Å².